The van der Waals surface area contributed by atoms with Gasteiger partial charge in [0.2, 0.25) is 5.95 Å². The molecule has 1 aromatic rings. The number of aromatic nitrogens is 1. The molecule has 0 fully saturated rings. The smallest absolute Gasteiger partial charge is 0.233 e. The fourth-order valence-corrected chi connectivity index (χ4v) is 3.13. The van der Waals surface area contributed by atoms with Gasteiger partial charge in [-0.2, -0.15) is 4.39 Å². The summed E-state index contributed by atoms with van der Waals surface area (Å²) in [6.45, 7) is 6.71. The number of unbranched alkanes of at least 4 members (excludes halogenated alkanes) is 5. The molecular weight excluding hydrogens is 265 g/mol. The van der Waals surface area contributed by atoms with E-state index < -0.39 is 0 Å². The van der Waals surface area contributed by atoms with Gasteiger partial charge >= 0.3 is 0 Å². The lowest BCUT2D eigenvalue weighted by Gasteiger charge is -2.30. The van der Waals surface area contributed by atoms with Gasteiger partial charge in [-0.05, 0) is 18.3 Å². The van der Waals surface area contributed by atoms with Crippen LogP contribution in [-0.2, 0) is 5.41 Å². The first-order valence-corrected chi connectivity index (χ1v) is 8.50. The van der Waals surface area contributed by atoms with E-state index in [1.165, 1.54) is 44.9 Å². The molecule has 1 N–H and O–H groups in total. The van der Waals surface area contributed by atoms with E-state index in [0.29, 0.717) is 5.75 Å². The Kier molecular flexibility index (Phi) is 7.84. The Labute approximate surface area is 129 Å². The highest BCUT2D eigenvalue weighted by atomic mass is 19.1. The number of H-pyrrole nitrogens is 1. The summed E-state index contributed by atoms with van der Waals surface area (Å²) in [6.07, 6.45) is 12.6. The van der Waals surface area contributed by atoms with Gasteiger partial charge in [0.05, 0.1) is 7.11 Å². The number of aromatic amines is 1. The Morgan fingerprint density at radius 3 is 2.19 bits per heavy atom. The molecule has 1 heterocycles. The van der Waals surface area contributed by atoms with Crippen molar-refractivity contribution in [2.75, 3.05) is 7.11 Å². The molecule has 0 saturated carbocycles. The van der Waals surface area contributed by atoms with E-state index in [1.54, 1.807) is 13.3 Å². The molecule has 1 atom stereocenters. The summed E-state index contributed by atoms with van der Waals surface area (Å²) in [5.41, 5.74) is 1.02. The van der Waals surface area contributed by atoms with E-state index in [4.69, 9.17) is 4.74 Å². The fraction of sp³-hybridized carbons (Fsp3) is 0.778. The average molecular weight is 297 g/mol. The molecule has 0 radical (unpaired) electrons. The molecule has 0 bridgehead atoms. The first kappa shape index (κ1) is 18.1. The van der Waals surface area contributed by atoms with Crippen molar-refractivity contribution < 1.29 is 9.13 Å². The van der Waals surface area contributed by atoms with Gasteiger partial charge in [-0.1, -0.05) is 65.7 Å². The van der Waals surface area contributed by atoms with Gasteiger partial charge in [-0.3, -0.25) is 0 Å². The number of nitrogens with one attached hydrogen (secondary N) is 1. The lowest BCUT2D eigenvalue weighted by molar-refractivity contribution is 0.332. The zero-order valence-electron chi connectivity index (χ0n) is 14.2. The first-order chi connectivity index (χ1) is 10.1. The van der Waals surface area contributed by atoms with E-state index in [1.807, 2.05) is 0 Å². The Hall–Kier alpha value is -0.990. The molecule has 0 aliphatic carbocycles. The Morgan fingerprint density at radius 1 is 1.05 bits per heavy atom. The van der Waals surface area contributed by atoms with E-state index in [-0.39, 0.29) is 11.4 Å². The summed E-state index contributed by atoms with van der Waals surface area (Å²) >= 11 is 0. The van der Waals surface area contributed by atoms with Crippen LogP contribution < -0.4 is 4.74 Å². The molecule has 1 unspecified atom stereocenters. The number of rotatable bonds is 11. The predicted molar refractivity (Wildman–Crippen MR) is 87.6 cm³/mol. The number of halogens is 1. The largest absolute Gasteiger partial charge is 0.492 e. The number of ether oxygens (including phenoxy) is 1. The molecule has 0 saturated heterocycles. The van der Waals surface area contributed by atoms with Crippen LogP contribution >= 0.6 is 0 Å². The quantitative estimate of drug-likeness (QED) is 0.500. The van der Waals surface area contributed by atoms with Crippen LogP contribution in [-0.4, -0.2) is 12.1 Å². The van der Waals surface area contributed by atoms with Gasteiger partial charge in [0.1, 0.15) is 0 Å². The van der Waals surface area contributed by atoms with Crippen molar-refractivity contribution in [3.05, 3.63) is 17.7 Å². The predicted octanol–water partition coefficient (Wildman–Crippen LogP) is 5.97. The van der Waals surface area contributed by atoms with Gasteiger partial charge in [0.15, 0.2) is 5.75 Å². The Bertz CT molecular complexity index is 402. The zero-order chi connectivity index (χ0) is 15.7. The van der Waals surface area contributed by atoms with E-state index >= 15 is 0 Å². The van der Waals surface area contributed by atoms with Crippen molar-refractivity contribution in [3.63, 3.8) is 0 Å². The fourth-order valence-electron chi connectivity index (χ4n) is 3.13. The maximum absolute atomic E-state index is 13.8. The minimum atomic E-state index is -0.345. The van der Waals surface area contributed by atoms with E-state index in [9.17, 15) is 4.39 Å². The highest BCUT2D eigenvalue weighted by Crippen LogP contribution is 2.41. The van der Waals surface area contributed by atoms with Crippen LogP contribution in [0.25, 0.3) is 0 Å². The second-order valence-electron chi connectivity index (χ2n) is 6.38. The van der Waals surface area contributed by atoms with Crippen molar-refractivity contribution in [1.29, 1.82) is 0 Å². The van der Waals surface area contributed by atoms with Gasteiger partial charge in [0, 0.05) is 11.8 Å². The van der Waals surface area contributed by atoms with Crippen molar-refractivity contribution >= 4 is 0 Å². The third kappa shape index (κ3) is 5.05. The van der Waals surface area contributed by atoms with E-state index in [2.05, 4.69) is 25.8 Å². The number of hydrogen-bond acceptors (Lipinski definition) is 1. The van der Waals surface area contributed by atoms with Gasteiger partial charge in [0.25, 0.3) is 0 Å². The second-order valence-corrected chi connectivity index (χ2v) is 6.38. The zero-order valence-corrected chi connectivity index (χ0v) is 14.2. The SMILES string of the molecule is CCCCCCC(C)(CCCCC)c1c[nH]c(F)c1OC. The van der Waals surface area contributed by atoms with Crippen molar-refractivity contribution in [2.45, 2.75) is 84.0 Å². The molecule has 0 aliphatic heterocycles. The van der Waals surface area contributed by atoms with Crippen LogP contribution in [0, 0.1) is 5.95 Å². The summed E-state index contributed by atoms with van der Waals surface area (Å²) in [4.78, 5) is 2.69. The van der Waals surface area contributed by atoms with Crippen LogP contribution in [0.5, 0.6) is 5.75 Å². The minimum Gasteiger partial charge on any atom is -0.492 e. The monoisotopic (exact) mass is 297 g/mol. The van der Waals surface area contributed by atoms with Gasteiger partial charge < -0.3 is 9.72 Å². The summed E-state index contributed by atoms with van der Waals surface area (Å²) in [6, 6.07) is 0. The van der Waals surface area contributed by atoms with Crippen LogP contribution in [0.1, 0.15) is 84.1 Å². The molecule has 0 spiro atoms. The second kappa shape index (κ2) is 9.11. The molecule has 21 heavy (non-hydrogen) atoms. The third-order valence-electron chi connectivity index (χ3n) is 4.56. The highest BCUT2D eigenvalue weighted by Gasteiger charge is 2.31. The Balaban J connectivity index is 2.83. The normalized spacial score (nSPS) is 14.1. The van der Waals surface area contributed by atoms with Crippen LogP contribution in [0.4, 0.5) is 4.39 Å². The topological polar surface area (TPSA) is 25.0 Å². The van der Waals surface area contributed by atoms with Gasteiger partial charge in [-0.15, -0.1) is 0 Å². The number of methoxy groups -OCH3 is 1. The van der Waals surface area contributed by atoms with Crippen LogP contribution in [0.15, 0.2) is 6.20 Å². The third-order valence-corrected chi connectivity index (χ3v) is 4.56. The average Bonchev–Trinajstić information content (AvgIpc) is 2.85. The maximum Gasteiger partial charge on any atom is 0.233 e. The molecule has 0 amide bonds. The van der Waals surface area contributed by atoms with Crippen molar-refractivity contribution in [3.8, 4) is 5.75 Å². The summed E-state index contributed by atoms with van der Waals surface area (Å²) in [5.74, 6) is 0.0623. The highest BCUT2D eigenvalue weighted by molar-refractivity contribution is 5.38. The van der Waals surface area contributed by atoms with Crippen molar-refractivity contribution in [2.24, 2.45) is 0 Å². The molecule has 0 aromatic carbocycles. The molecular formula is C18H32FNO. The van der Waals surface area contributed by atoms with E-state index in [0.717, 1.165) is 18.4 Å². The van der Waals surface area contributed by atoms with Crippen LogP contribution in [0.2, 0.25) is 0 Å². The summed E-state index contributed by atoms with van der Waals surface area (Å²) in [7, 11) is 1.55. The van der Waals surface area contributed by atoms with Crippen LogP contribution in [0.3, 0.4) is 0 Å². The molecule has 0 aliphatic rings. The standard InChI is InChI=1S/C18H32FNO/c1-5-7-9-11-13-18(3,12-10-8-6-2)15-14-20-17(19)16(15)21-4/h14,20H,5-13H2,1-4H3. The van der Waals surface area contributed by atoms with Crippen molar-refractivity contribution in [1.82, 2.24) is 4.98 Å². The molecule has 1 aromatic heterocycles. The Morgan fingerprint density at radius 2 is 1.62 bits per heavy atom. The first-order valence-electron chi connectivity index (χ1n) is 8.50. The summed E-state index contributed by atoms with van der Waals surface area (Å²) < 4.78 is 19.1. The maximum atomic E-state index is 13.8. The molecule has 2 nitrogen and oxygen atoms in total. The lowest BCUT2D eigenvalue weighted by atomic mass is 9.75. The van der Waals surface area contributed by atoms with Gasteiger partial charge in [-0.25, -0.2) is 0 Å². The molecule has 1 rings (SSSR count). The molecule has 122 valence electrons. The summed E-state index contributed by atoms with van der Waals surface area (Å²) in [5, 5.41) is 0. The minimum absolute atomic E-state index is 0.00902. The molecule has 3 heteroatoms. The lowest BCUT2D eigenvalue weighted by Crippen LogP contribution is -2.22. The number of hydrogen-bond donors (Lipinski definition) is 1.